The quantitative estimate of drug-likeness (QED) is 0.529. The minimum atomic E-state index is 0.146. The summed E-state index contributed by atoms with van der Waals surface area (Å²) in [6.07, 6.45) is 2.33. The molecule has 0 amide bonds. The molecule has 1 heterocycles. The fourth-order valence-corrected chi connectivity index (χ4v) is 5.17. The van der Waals surface area contributed by atoms with Gasteiger partial charge >= 0.3 is 0 Å². The van der Waals surface area contributed by atoms with E-state index in [4.69, 9.17) is 14.5 Å². The topological polar surface area (TPSA) is 54.9 Å². The van der Waals surface area contributed by atoms with Crippen LogP contribution in [0.4, 0.5) is 0 Å². The zero-order valence-corrected chi connectivity index (χ0v) is 18.6. The van der Waals surface area contributed by atoms with Crippen molar-refractivity contribution in [3.63, 3.8) is 0 Å². The van der Waals surface area contributed by atoms with Crippen molar-refractivity contribution < 1.29 is 9.47 Å². The third kappa shape index (κ3) is 4.42. The first kappa shape index (κ1) is 20.4. The van der Waals surface area contributed by atoms with Crippen molar-refractivity contribution in [1.29, 1.82) is 0 Å². The number of hydrogen-bond donors (Lipinski definition) is 2. The maximum absolute atomic E-state index is 6.24. The van der Waals surface area contributed by atoms with E-state index in [2.05, 4.69) is 66.9 Å². The van der Waals surface area contributed by atoms with Crippen molar-refractivity contribution in [2.45, 2.75) is 45.3 Å². The van der Waals surface area contributed by atoms with Crippen molar-refractivity contribution in [3.05, 3.63) is 64.7 Å². The van der Waals surface area contributed by atoms with Gasteiger partial charge in [-0.25, -0.2) is 4.99 Å². The van der Waals surface area contributed by atoms with Gasteiger partial charge in [-0.2, -0.15) is 0 Å². The second kappa shape index (κ2) is 8.91. The van der Waals surface area contributed by atoms with Crippen molar-refractivity contribution >= 4 is 5.96 Å². The van der Waals surface area contributed by atoms with Crippen LogP contribution in [-0.2, 0) is 17.7 Å². The molecular weight excluding hydrogens is 386 g/mol. The highest BCUT2D eigenvalue weighted by atomic mass is 16.5. The van der Waals surface area contributed by atoms with E-state index < -0.39 is 0 Å². The number of aliphatic imine (C=N–C) groups is 1. The lowest BCUT2D eigenvalue weighted by atomic mass is 10.0. The third-order valence-electron chi connectivity index (χ3n) is 6.86. The molecule has 1 saturated heterocycles. The Morgan fingerprint density at radius 3 is 2.94 bits per heavy atom. The first-order valence-corrected chi connectivity index (χ1v) is 11.7. The number of hydrogen-bond acceptors (Lipinski definition) is 3. The molecule has 1 saturated carbocycles. The predicted octanol–water partition coefficient (Wildman–Crippen LogP) is 3.80. The van der Waals surface area contributed by atoms with Crippen molar-refractivity contribution in [1.82, 2.24) is 10.6 Å². The minimum Gasteiger partial charge on any atom is -0.488 e. The average molecular weight is 420 g/mol. The summed E-state index contributed by atoms with van der Waals surface area (Å²) >= 11 is 0. The Bertz CT molecular complexity index is 951. The molecule has 5 nitrogen and oxygen atoms in total. The number of aryl methyl sites for hydroxylation is 1. The molecule has 164 valence electrons. The lowest BCUT2D eigenvalue weighted by molar-refractivity contribution is 0.140. The van der Waals surface area contributed by atoms with Crippen LogP contribution in [0, 0.1) is 18.8 Å². The zero-order chi connectivity index (χ0) is 21.2. The van der Waals surface area contributed by atoms with Crippen LogP contribution in [0.25, 0.3) is 0 Å². The van der Waals surface area contributed by atoms with Gasteiger partial charge in [-0.15, -0.1) is 0 Å². The molecule has 2 N–H and O–H groups in total. The number of fused-ring (bicyclic) bond motifs is 3. The van der Waals surface area contributed by atoms with Crippen molar-refractivity contribution in [2.75, 3.05) is 26.3 Å². The van der Waals surface area contributed by atoms with Crippen LogP contribution >= 0.6 is 0 Å². The van der Waals surface area contributed by atoms with Crippen LogP contribution in [0.2, 0.25) is 0 Å². The van der Waals surface area contributed by atoms with Crippen LogP contribution in [-0.4, -0.2) is 38.4 Å². The summed E-state index contributed by atoms with van der Waals surface area (Å²) in [5.41, 5.74) is 5.44. The maximum Gasteiger partial charge on any atom is 0.191 e. The van der Waals surface area contributed by atoms with E-state index in [-0.39, 0.29) is 6.10 Å². The normalized spacial score (nSPS) is 26.3. The monoisotopic (exact) mass is 419 g/mol. The maximum atomic E-state index is 6.24. The second-order valence-corrected chi connectivity index (χ2v) is 9.05. The molecule has 4 atom stereocenters. The molecule has 5 heteroatoms. The first-order valence-electron chi connectivity index (χ1n) is 11.7. The molecule has 2 aromatic carbocycles. The summed E-state index contributed by atoms with van der Waals surface area (Å²) in [7, 11) is 0. The highest BCUT2D eigenvalue weighted by molar-refractivity contribution is 5.79. The smallest absolute Gasteiger partial charge is 0.191 e. The summed E-state index contributed by atoms with van der Waals surface area (Å²) in [5.74, 6) is 4.08. The van der Waals surface area contributed by atoms with Gasteiger partial charge in [-0.05, 0) is 60.8 Å². The Hall–Kier alpha value is -2.53. The minimum absolute atomic E-state index is 0.146. The lowest BCUT2D eigenvalue weighted by Crippen LogP contribution is -2.38. The SMILES string of the molecule is CCNC(=NCc1ccc(C)cc1OC1CCOC1)NCC1C2Cc3ccccc3C12. The van der Waals surface area contributed by atoms with E-state index in [1.165, 1.54) is 12.0 Å². The van der Waals surface area contributed by atoms with Crippen LogP contribution in [0.5, 0.6) is 5.75 Å². The average Bonchev–Trinajstić information content (AvgIpc) is 3.09. The predicted molar refractivity (Wildman–Crippen MR) is 124 cm³/mol. The lowest BCUT2D eigenvalue weighted by Gasteiger charge is -2.16. The Morgan fingerprint density at radius 2 is 2.10 bits per heavy atom. The molecule has 0 aromatic heterocycles. The van der Waals surface area contributed by atoms with Gasteiger partial charge in [0.25, 0.3) is 0 Å². The molecule has 1 aliphatic heterocycles. The first-order chi connectivity index (χ1) is 15.2. The van der Waals surface area contributed by atoms with E-state index >= 15 is 0 Å². The van der Waals surface area contributed by atoms with Gasteiger partial charge < -0.3 is 20.1 Å². The summed E-state index contributed by atoms with van der Waals surface area (Å²) in [6, 6.07) is 15.3. The Labute approximate surface area is 185 Å². The summed E-state index contributed by atoms with van der Waals surface area (Å²) < 4.78 is 11.7. The molecule has 0 radical (unpaired) electrons. The molecule has 2 aromatic rings. The van der Waals surface area contributed by atoms with Gasteiger partial charge in [-0.1, -0.05) is 36.4 Å². The number of ether oxygens (including phenoxy) is 2. The van der Waals surface area contributed by atoms with Gasteiger partial charge in [-0.3, -0.25) is 0 Å². The fourth-order valence-electron chi connectivity index (χ4n) is 5.17. The van der Waals surface area contributed by atoms with Crippen LogP contribution in [0.1, 0.15) is 41.5 Å². The zero-order valence-electron chi connectivity index (χ0n) is 18.6. The number of rotatable bonds is 7. The van der Waals surface area contributed by atoms with Gasteiger partial charge in [0.2, 0.25) is 0 Å². The van der Waals surface area contributed by atoms with Crippen molar-refractivity contribution in [3.8, 4) is 5.75 Å². The molecular formula is C26H33N3O2. The standard InChI is InChI=1S/C26H33N3O2/c1-3-27-26(29-15-23-22-13-18-6-4-5-7-21(18)25(22)23)28-14-19-9-8-17(2)12-24(19)31-20-10-11-30-16-20/h4-9,12,20,22-23,25H,3,10-11,13-16H2,1-2H3,(H2,27,28,29). The fraction of sp³-hybridized carbons (Fsp3) is 0.500. The number of nitrogens with one attached hydrogen (secondary N) is 2. The van der Waals surface area contributed by atoms with E-state index in [0.717, 1.165) is 61.1 Å². The van der Waals surface area contributed by atoms with Crippen LogP contribution < -0.4 is 15.4 Å². The number of guanidine groups is 1. The van der Waals surface area contributed by atoms with E-state index in [1.807, 2.05) is 0 Å². The number of nitrogens with zero attached hydrogens (tertiary/aromatic N) is 1. The van der Waals surface area contributed by atoms with E-state index in [9.17, 15) is 0 Å². The largest absolute Gasteiger partial charge is 0.488 e. The molecule has 0 bridgehead atoms. The van der Waals surface area contributed by atoms with E-state index in [1.54, 1.807) is 11.1 Å². The van der Waals surface area contributed by atoms with Crippen LogP contribution in [0.15, 0.2) is 47.5 Å². The number of benzene rings is 2. The molecule has 3 aliphatic rings. The molecule has 5 rings (SSSR count). The molecule has 2 fully saturated rings. The summed E-state index contributed by atoms with van der Waals surface area (Å²) in [6.45, 7) is 8.09. The Kier molecular flexibility index (Phi) is 5.86. The molecule has 0 spiro atoms. The molecule has 2 aliphatic carbocycles. The Balaban J connectivity index is 1.22. The van der Waals surface area contributed by atoms with Gasteiger partial charge in [0.15, 0.2) is 5.96 Å². The van der Waals surface area contributed by atoms with E-state index in [0.29, 0.717) is 13.2 Å². The van der Waals surface area contributed by atoms with Crippen molar-refractivity contribution in [2.24, 2.45) is 16.8 Å². The highest BCUT2D eigenvalue weighted by Crippen LogP contribution is 2.60. The summed E-state index contributed by atoms with van der Waals surface area (Å²) in [5, 5.41) is 7.00. The Morgan fingerprint density at radius 1 is 1.19 bits per heavy atom. The van der Waals surface area contributed by atoms with Crippen LogP contribution in [0.3, 0.4) is 0 Å². The van der Waals surface area contributed by atoms with Gasteiger partial charge in [0, 0.05) is 25.1 Å². The third-order valence-corrected chi connectivity index (χ3v) is 6.86. The second-order valence-electron chi connectivity index (χ2n) is 9.05. The molecule has 4 unspecified atom stereocenters. The highest BCUT2D eigenvalue weighted by Gasteiger charge is 2.54. The summed E-state index contributed by atoms with van der Waals surface area (Å²) in [4.78, 5) is 4.87. The van der Waals surface area contributed by atoms with Gasteiger partial charge in [0.1, 0.15) is 11.9 Å². The molecule has 31 heavy (non-hydrogen) atoms. The van der Waals surface area contributed by atoms with Gasteiger partial charge in [0.05, 0.1) is 19.8 Å².